The lowest BCUT2D eigenvalue weighted by Crippen LogP contribution is -2.04. The summed E-state index contributed by atoms with van der Waals surface area (Å²) in [5.41, 5.74) is 8.29. The van der Waals surface area contributed by atoms with Gasteiger partial charge in [0.05, 0.1) is 6.61 Å². The van der Waals surface area contributed by atoms with E-state index < -0.39 is 0 Å². The van der Waals surface area contributed by atoms with Crippen molar-refractivity contribution in [1.82, 2.24) is 0 Å². The van der Waals surface area contributed by atoms with Crippen molar-refractivity contribution in [2.24, 2.45) is 5.73 Å². The predicted octanol–water partition coefficient (Wildman–Crippen LogP) is 4.05. The fraction of sp³-hybridized carbons (Fsp3) is 0.625. The Balaban J connectivity index is 2.91. The highest BCUT2D eigenvalue weighted by Crippen LogP contribution is 2.31. The molecule has 0 aliphatic heterocycles. The van der Waals surface area contributed by atoms with Gasteiger partial charge in [0, 0.05) is 0 Å². The normalized spacial score (nSPS) is 12.8. The lowest BCUT2D eigenvalue weighted by atomic mass is 9.91. The van der Waals surface area contributed by atoms with E-state index in [1.165, 1.54) is 11.1 Å². The Morgan fingerprint density at radius 1 is 1.22 bits per heavy atom. The third-order valence-corrected chi connectivity index (χ3v) is 3.37. The maximum Gasteiger partial charge on any atom is 0.122 e. The molecule has 0 aliphatic carbocycles. The molecule has 2 heteroatoms. The fourth-order valence-corrected chi connectivity index (χ4v) is 2.20. The predicted molar refractivity (Wildman–Crippen MR) is 78.4 cm³/mol. The summed E-state index contributed by atoms with van der Waals surface area (Å²) in [6.07, 6.45) is 2.24. The minimum Gasteiger partial charge on any atom is -0.494 e. The molecule has 0 aromatic heterocycles. The van der Waals surface area contributed by atoms with Gasteiger partial charge in [0.2, 0.25) is 0 Å². The van der Waals surface area contributed by atoms with Gasteiger partial charge in [0.15, 0.2) is 0 Å². The summed E-state index contributed by atoms with van der Waals surface area (Å²) in [4.78, 5) is 0. The van der Waals surface area contributed by atoms with Crippen molar-refractivity contribution in [2.45, 2.75) is 52.4 Å². The number of hydrogen-bond donors (Lipinski definition) is 1. The van der Waals surface area contributed by atoms with Crippen LogP contribution < -0.4 is 10.5 Å². The molecular formula is C16H27NO. The molecule has 2 nitrogen and oxygen atoms in total. The van der Waals surface area contributed by atoms with Crippen molar-refractivity contribution < 1.29 is 4.74 Å². The molecule has 1 aromatic carbocycles. The highest BCUT2D eigenvalue weighted by Gasteiger charge is 2.12. The van der Waals surface area contributed by atoms with Gasteiger partial charge in [-0.3, -0.25) is 0 Å². The number of ether oxygens (including phenoxy) is 1. The van der Waals surface area contributed by atoms with Crippen LogP contribution in [-0.4, -0.2) is 13.2 Å². The molecule has 1 rings (SSSR count). The van der Waals surface area contributed by atoms with Gasteiger partial charge in [-0.05, 0) is 55.3 Å². The van der Waals surface area contributed by atoms with Crippen molar-refractivity contribution in [2.75, 3.05) is 13.2 Å². The largest absolute Gasteiger partial charge is 0.494 e. The van der Waals surface area contributed by atoms with Crippen molar-refractivity contribution >= 4 is 0 Å². The second-order valence-corrected chi connectivity index (χ2v) is 5.22. The van der Waals surface area contributed by atoms with Gasteiger partial charge in [-0.2, -0.15) is 0 Å². The van der Waals surface area contributed by atoms with Crippen LogP contribution in [0.5, 0.6) is 5.75 Å². The zero-order valence-corrected chi connectivity index (χ0v) is 12.2. The van der Waals surface area contributed by atoms with Crippen LogP contribution in [0.1, 0.15) is 63.5 Å². The van der Waals surface area contributed by atoms with E-state index in [4.69, 9.17) is 10.5 Å². The third-order valence-electron chi connectivity index (χ3n) is 3.37. The fourth-order valence-electron chi connectivity index (χ4n) is 2.20. The second kappa shape index (κ2) is 7.42. The molecule has 0 aliphatic rings. The maximum absolute atomic E-state index is 5.69. The summed E-state index contributed by atoms with van der Waals surface area (Å²) >= 11 is 0. The molecule has 0 heterocycles. The van der Waals surface area contributed by atoms with Crippen molar-refractivity contribution in [3.8, 4) is 5.75 Å². The van der Waals surface area contributed by atoms with E-state index in [0.717, 1.165) is 31.7 Å². The van der Waals surface area contributed by atoms with Crippen LogP contribution in [0.3, 0.4) is 0 Å². The molecule has 1 unspecified atom stereocenters. The lowest BCUT2D eigenvalue weighted by Gasteiger charge is -2.18. The van der Waals surface area contributed by atoms with E-state index in [2.05, 4.69) is 39.0 Å². The molecular weight excluding hydrogens is 222 g/mol. The van der Waals surface area contributed by atoms with Gasteiger partial charge in [0.25, 0.3) is 0 Å². The van der Waals surface area contributed by atoms with Gasteiger partial charge < -0.3 is 10.5 Å². The van der Waals surface area contributed by atoms with E-state index in [0.29, 0.717) is 11.8 Å². The molecule has 0 saturated carbocycles. The van der Waals surface area contributed by atoms with Crippen molar-refractivity contribution in [3.63, 3.8) is 0 Å². The smallest absolute Gasteiger partial charge is 0.122 e. The standard InChI is InChI=1S/C16H27NO/c1-5-18-16-9-8-14(11-15(16)12(2)3)13(4)7-6-10-17/h8-9,11-13H,5-7,10,17H2,1-4H3. The van der Waals surface area contributed by atoms with Crippen molar-refractivity contribution in [3.05, 3.63) is 29.3 Å². The highest BCUT2D eigenvalue weighted by atomic mass is 16.5. The molecule has 1 aromatic rings. The average molecular weight is 249 g/mol. The Labute approximate surface area is 112 Å². The van der Waals surface area contributed by atoms with Gasteiger partial charge >= 0.3 is 0 Å². The molecule has 2 N–H and O–H groups in total. The topological polar surface area (TPSA) is 35.2 Å². The van der Waals surface area contributed by atoms with E-state index in [1.807, 2.05) is 6.92 Å². The van der Waals surface area contributed by atoms with E-state index in [-0.39, 0.29) is 0 Å². The number of rotatable bonds is 7. The van der Waals surface area contributed by atoms with Crippen LogP contribution >= 0.6 is 0 Å². The minimum absolute atomic E-state index is 0.494. The van der Waals surface area contributed by atoms with Gasteiger partial charge in [-0.25, -0.2) is 0 Å². The molecule has 18 heavy (non-hydrogen) atoms. The average Bonchev–Trinajstić information content (AvgIpc) is 2.36. The zero-order valence-electron chi connectivity index (χ0n) is 12.2. The quantitative estimate of drug-likeness (QED) is 0.791. The van der Waals surface area contributed by atoms with Gasteiger partial charge in [0.1, 0.15) is 5.75 Å². The SMILES string of the molecule is CCOc1ccc(C(C)CCCN)cc1C(C)C. The van der Waals surface area contributed by atoms with Gasteiger partial charge in [-0.1, -0.05) is 32.9 Å². The van der Waals surface area contributed by atoms with Crippen LogP contribution in [-0.2, 0) is 0 Å². The molecule has 0 saturated heterocycles. The Hall–Kier alpha value is -1.02. The van der Waals surface area contributed by atoms with E-state index >= 15 is 0 Å². The molecule has 0 radical (unpaired) electrons. The monoisotopic (exact) mass is 249 g/mol. The first kappa shape index (κ1) is 15.0. The summed E-state index contributed by atoms with van der Waals surface area (Å²) in [6, 6.07) is 6.61. The van der Waals surface area contributed by atoms with Gasteiger partial charge in [-0.15, -0.1) is 0 Å². The third kappa shape index (κ3) is 4.02. The molecule has 1 atom stereocenters. The van der Waals surface area contributed by atoms with E-state index in [9.17, 15) is 0 Å². The summed E-state index contributed by atoms with van der Waals surface area (Å²) in [5, 5.41) is 0. The number of nitrogens with two attached hydrogens (primary N) is 1. The van der Waals surface area contributed by atoms with Crippen LogP contribution in [0.25, 0.3) is 0 Å². The second-order valence-electron chi connectivity index (χ2n) is 5.22. The molecule has 0 fully saturated rings. The Morgan fingerprint density at radius 2 is 1.94 bits per heavy atom. The maximum atomic E-state index is 5.69. The first-order chi connectivity index (χ1) is 8.60. The summed E-state index contributed by atoms with van der Waals surface area (Å²) in [7, 11) is 0. The summed E-state index contributed by atoms with van der Waals surface area (Å²) in [6.45, 7) is 10.2. The minimum atomic E-state index is 0.494. The first-order valence-electron chi connectivity index (χ1n) is 7.06. The van der Waals surface area contributed by atoms with Crippen molar-refractivity contribution in [1.29, 1.82) is 0 Å². The first-order valence-corrected chi connectivity index (χ1v) is 7.06. The number of hydrogen-bond acceptors (Lipinski definition) is 2. The molecule has 0 bridgehead atoms. The lowest BCUT2D eigenvalue weighted by molar-refractivity contribution is 0.335. The Kier molecular flexibility index (Phi) is 6.20. The Morgan fingerprint density at radius 3 is 2.50 bits per heavy atom. The molecule has 0 spiro atoms. The van der Waals surface area contributed by atoms with Crippen LogP contribution in [0.4, 0.5) is 0 Å². The van der Waals surface area contributed by atoms with Crippen LogP contribution in [0.2, 0.25) is 0 Å². The zero-order chi connectivity index (χ0) is 13.5. The van der Waals surface area contributed by atoms with E-state index in [1.54, 1.807) is 0 Å². The van der Waals surface area contributed by atoms with Crippen LogP contribution in [0.15, 0.2) is 18.2 Å². The summed E-state index contributed by atoms with van der Waals surface area (Å²) < 4.78 is 5.69. The summed E-state index contributed by atoms with van der Waals surface area (Å²) in [5.74, 6) is 2.09. The highest BCUT2D eigenvalue weighted by molar-refractivity contribution is 5.40. The number of benzene rings is 1. The van der Waals surface area contributed by atoms with Crippen LogP contribution in [0, 0.1) is 0 Å². The molecule has 0 amide bonds. The molecule has 102 valence electrons. The Bertz CT molecular complexity index is 360.